The Morgan fingerprint density at radius 2 is 1.95 bits per heavy atom. The van der Waals surface area contributed by atoms with Crippen LogP contribution in [0, 0.1) is 0 Å². The first-order valence-corrected chi connectivity index (χ1v) is 7.20. The first-order valence-electron chi connectivity index (χ1n) is 7.20. The van der Waals surface area contributed by atoms with Gasteiger partial charge in [-0.25, -0.2) is 0 Å². The quantitative estimate of drug-likeness (QED) is 0.813. The summed E-state index contributed by atoms with van der Waals surface area (Å²) in [6.07, 6.45) is 0.256. The third-order valence-corrected chi connectivity index (χ3v) is 3.11. The molecule has 1 amide bonds. The van der Waals surface area contributed by atoms with E-state index in [1.54, 1.807) is 6.92 Å². The van der Waals surface area contributed by atoms with Crippen LogP contribution in [0.5, 0.6) is 5.75 Å². The molecule has 0 bridgehead atoms. The SMILES string of the molecule is CC(N)CCNC(=O)C(C)Oc1cccc(C(C)C)c1.Cl. The zero-order valence-electron chi connectivity index (χ0n) is 13.3. The zero-order chi connectivity index (χ0) is 15.1. The molecule has 1 rings (SSSR count). The first-order chi connectivity index (χ1) is 9.40. The van der Waals surface area contributed by atoms with Crippen molar-refractivity contribution in [2.45, 2.75) is 52.2 Å². The van der Waals surface area contributed by atoms with E-state index in [4.69, 9.17) is 10.5 Å². The lowest BCUT2D eigenvalue weighted by Crippen LogP contribution is -2.38. The number of carbonyl (C=O) groups is 1. The van der Waals surface area contributed by atoms with Gasteiger partial charge in [-0.3, -0.25) is 4.79 Å². The summed E-state index contributed by atoms with van der Waals surface area (Å²) in [4.78, 5) is 11.9. The number of nitrogens with two attached hydrogens (primary N) is 1. The fourth-order valence-electron chi connectivity index (χ4n) is 1.77. The second kappa shape index (κ2) is 9.64. The number of ether oxygens (including phenoxy) is 1. The lowest BCUT2D eigenvalue weighted by molar-refractivity contribution is -0.127. The van der Waals surface area contributed by atoms with Crippen molar-refractivity contribution in [3.05, 3.63) is 29.8 Å². The molecule has 0 heterocycles. The van der Waals surface area contributed by atoms with E-state index in [2.05, 4.69) is 25.2 Å². The standard InChI is InChI=1S/C16H26N2O2.ClH/c1-11(2)14-6-5-7-15(10-14)20-13(4)16(19)18-9-8-12(3)17;/h5-7,10-13H,8-9,17H2,1-4H3,(H,18,19);1H. The molecule has 0 saturated carbocycles. The normalized spacial score (nSPS) is 13.2. The molecule has 1 aromatic carbocycles. The van der Waals surface area contributed by atoms with Gasteiger partial charge in [0.25, 0.3) is 5.91 Å². The van der Waals surface area contributed by atoms with Crippen LogP contribution in [-0.2, 0) is 4.79 Å². The van der Waals surface area contributed by atoms with Gasteiger partial charge in [0.1, 0.15) is 5.75 Å². The van der Waals surface area contributed by atoms with Crippen molar-refractivity contribution in [1.82, 2.24) is 5.32 Å². The number of hydrogen-bond donors (Lipinski definition) is 2. The monoisotopic (exact) mass is 314 g/mol. The van der Waals surface area contributed by atoms with Gasteiger partial charge >= 0.3 is 0 Å². The predicted octanol–water partition coefficient (Wildman–Crippen LogP) is 2.85. The van der Waals surface area contributed by atoms with Crippen molar-refractivity contribution < 1.29 is 9.53 Å². The average Bonchev–Trinajstić information content (AvgIpc) is 2.38. The van der Waals surface area contributed by atoms with Crippen LogP contribution in [0.25, 0.3) is 0 Å². The van der Waals surface area contributed by atoms with Gasteiger partial charge in [-0.15, -0.1) is 12.4 Å². The molecule has 1 aromatic rings. The van der Waals surface area contributed by atoms with E-state index in [0.29, 0.717) is 12.5 Å². The highest BCUT2D eigenvalue weighted by Crippen LogP contribution is 2.20. The summed E-state index contributed by atoms with van der Waals surface area (Å²) in [7, 11) is 0. The maximum absolute atomic E-state index is 11.9. The van der Waals surface area contributed by atoms with Gasteiger partial charge in [0.15, 0.2) is 6.10 Å². The number of nitrogens with one attached hydrogen (secondary N) is 1. The van der Waals surface area contributed by atoms with Crippen LogP contribution < -0.4 is 15.8 Å². The molecule has 2 atom stereocenters. The summed E-state index contributed by atoms with van der Waals surface area (Å²) >= 11 is 0. The molecule has 120 valence electrons. The van der Waals surface area contributed by atoms with E-state index in [1.807, 2.05) is 25.1 Å². The maximum atomic E-state index is 11.9. The van der Waals surface area contributed by atoms with Crippen LogP contribution in [0.4, 0.5) is 0 Å². The van der Waals surface area contributed by atoms with Crippen molar-refractivity contribution in [1.29, 1.82) is 0 Å². The van der Waals surface area contributed by atoms with Crippen molar-refractivity contribution >= 4 is 18.3 Å². The lowest BCUT2D eigenvalue weighted by atomic mass is 10.0. The highest BCUT2D eigenvalue weighted by Gasteiger charge is 2.14. The van der Waals surface area contributed by atoms with E-state index in [9.17, 15) is 4.79 Å². The minimum Gasteiger partial charge on any atom is -0.481 e. The van der Waals surface area contributed by atoms with Gasteiger partial charge in [-0.1, -0.05) is 26.0 Å². The molecule has 2 unspecified atom stereocenters. The van der Waals surface area contributed by atoms with Crippen LogP contribution in [-0.4, -0.2) is 24.6 Å². The molecule has 0 radical (unpaired) electrons. The predicted molar refractivity (Wildman–Crippen MR) is 89.1 cm³/mol. The summed E-state index contributed by atoms with van der Waals surface area (Å²) in [5, 5.41) is 2.83. The molecule has 0 aliphatic carbocycles. The molecule has 0 aromatic heterocycles. The van der Waals surface area contributed by atoms with Crippen LogP contribution in [0.1, 0.15) is 45.6 Å². The second-order valence-electron chi connectivity index (χ2n) is 5.54. The number of amides is 1. The maximum Gasteiger partial charge on any atom is 0.260 e. The molecular weight excluding hydrogens is 288 g/mol. The van der Waals surface area contributed by atoms with E-state index in [1.165, 1.54) is 5.56 Å². The van der Waals surface area contributed by atoms with Gasteiger partial charge in [-0.05, 0) is 43.9 Å². The van der Waals surface area contributed by atoms with E-state index < -0.39 is 6.10 Å². The summed E-state index contributed by atoms with van der Waals surface area (Å²) < 4.78 is 5.68. The van der Waals surface area contributed by atoms with E-state index >= 15 is 0 Å². The summed E-state index contributed by atoms with van der Waals surface area (Å²) in [6, 6.07) is 7.96. The van der Waals surface area contributed by atoms with Gasteiger partial charge in [0.2, 0.25) is 0 Å². The molecule has 3 N–H and O–H groups in total. The zero-order valence-corrected chi connectivity index (χ0v) is 14.1. The van der Waals surface area contributed by atoms with Crippen LogP contribution in [0.15, 0.2) is 24.3 Å². The Bertz CT molecular complexity index is 436. The van der Waals surface area contributed by atoms with Gasteiger partial charge in [-0.2, -0.15) is 0 Å². The molecule has 0 spiro atoms. The smallest absolute Gasteiger partial charge is 0.260 e. The minimum absolute atomic E-state index is 0. The Balaban J connectivity index is 0.00000400. The molecule has 0 fully saturated rings. The Kier molecular flexibility index (Phi) is 9.06. The van der Waals surface area contributed by atoms with E-state index in [-0.39, 0.29) is 24.4 Å². The lowest BCUT2D eigenvalue weighted by Gasteiger charge is -2.16. The summed E-state index contributed by atoms with van der Waals surface area (Å²) in [6.45, 7) is 8.51. The summed E-state index contributed by atoms with van der Waals surface area (Å²) in [5.41, 5.74) is 6.84. The fourth-order valence-corrected chi connectivity index (χ4v) is 1.77. The number of benzene rings is 1. The fraction of sp³-hybridized carbons (Fsp3) is 0.562. The molecule has 0 aliphatic heterocycles. The largest absolute Gasteiger partial charge is 0.481 e. The molecule has 0 aliphatic rings. The number of carbonyl (C=O) groups excluding carboxylic acids is 1. The van der Waals surface area contributed by atoms with Crippen LogP contribution in [0.2, 0.25) is 0 Å². The van der Waals surface area contributed by atoms with E-state index in [0.717, 1.165) is 12.2 Å². The molecule has 4 nitrogen and oxygen atoms in total. The highest BCUT2D eigenvalue weighted by molar-refractivity contribution is 5.85. The first kappa shape index (κ1) is 19.7. The third kappa shape index (κ3) is 7.34. The van der Waals surface area contributed by atoms with Gasteiger partial charge in [0.05, 0.1) is 0 Å². The Morgan fingerprint density at radius 3 is 2.52 bits per heavy atom. The molecule has 5 heteroatoms. The number of hydrogen-bond acceptors (Lipinski definition) is 3. The van der Waals surface area contributed by atoms with Crippen LogP contribution >= 0.6 is 12.4 Å². The highest BCUT2D eigenvalue weighted by atomic mass is 35.5. The number of halogens is 1. The van der Waals surface area contributed by atoms with Crippen molar-refractivity contribution in [3.63, 3.8) is 0 Å². The second-order valence-corrected chi connectivity index (χ2v) is 5.54. The Labute approximate surface area is 133 Å². The molecule has 21 heavy (non-hydrogen) atoms. The van der Waals surface area contributed by atoms with Crippen molar-refractivity contribution in [2.75, 3.05) is 6.54 Å². The number of rotatable bonds is 7. The molecule has 0 saturated heterocycles. The van der Waals surface area contributed by atoms with Crippen molar-refractivity contribution in [3.8, 4) is 5.75 Å². The van der Waals surface area contributed by atoms with Gasteiger partial charge in [0, 0.05) is 12.6 Å². The topological polar surface area (TPSA) is 64.3 Å². The van der Waals surface area contributed by atoms with Gasteiger partial charge < -0.3 is 15.8 Å². The molecular formula is C16H27ClN2O2. The summed E-state index contributed by atoms with van der Waals surface area (Å²) in [5.74, 6) is 1.06. The Hall–Kier alpha value is -1.26. The van der Waals surface area contributed by atoms with Crippen molar-refractivity contribution in [2.24, 2.45) is 5.73 Å². The Morgan fingerprint density at radius 1 is 1.29 bits per heavy atom. The average molecular weight is 315 g/mol. The third-order valence-electron chi connectivity index (χ3n) is 3.11. The minimum atomic E-state index is -0.509. The van der Waals surface area contributed by atoms with Crippen LogP contribution in [0.3, 0.4) is 0 Å².